The number of hydrogen-bond donors (Lipinski definition) is 0. The normalized spacial score (nSPS) is 19.6. The molecular formula is C14H23N3O2. The molecule has 0 unspecified atom stereocenters. The van der Waals surface area contributed by atoms with Crippen molar-refractivity contribution in [3.05, 3.63) is 17.7 Å². The van der Waals surface area contributed by atoms with Crippen LogP contribution in [0.5, 0.6) is 0 Å². The topological polar surface area (TPSA) is 39.5 Å². The molecule has 0 amide bonds. The molecule has 0 radical (unpaired) electrons. The third kappa shape index (κ3) is 3.35. The summed E-state index contributed by atoms with van der Waals surface area (Å²) in [4.78, 5) is 6.93. The molecule has 1 aromatic rings. The highest BCUT2D eigenvalue weighted by atomic mass is 16.5. The monoisotopic (exact) mass is 265 g/mol. The molecular weight excluding hydrogens is 242 g/mol. The van der Waals surface area contributed by atoms with E-state index in [0.717, 1.165) is 51.0 Å². The van der Waals surface area contributed by atoms with Crippen molar-refractivity contribution >= 4 is 0 Å². The van der Waals surface area contributed by atoms with Gasteiger partial charge in [0.05, 0.1) is 30.9 Å². The van der Waals surface area contributed by atoms with Crippen molar-refractivity contribution in [2.24, 2.45) is 5.92 Å². The molecule has 19 heavy (non-hydrogen) atoms. The fourth-order valence-corrected chi connectivity index (χ4v) is 2.50. The van der Waals surface area contributed by atoms with Crippen molar-refractivity contribution < 1.29 is 9.47 Å². The Bertz CT molecular complexity index is 415. The molecule has 1 aliphatic carbocycles. The molecule has 106 valence electrons. The van der Waals surface area contributed by atoms with Gasteiger partial charge in [0.15, 0.2) is 0 Å². The van der Waals surface area contributed by atoms with E-state index < -0.39 is 0 Å². The molecule has 0 saturated heterocycles. The summed E-state index contributed by atoms with van der Waals surface area (Å²) < 4.78 is 13.2. The van der Waals surface area contributed by atoms with Crippen LogP contribution < -0.4 is 0 Å². The van der Waals surface area contributed by atoms with E-state index in [4.69, 9.17) is 9.47 Å². The molecule has 0 aromatic carbocycles. The highest BCUT2D eigenvalue weighted by Crippen LogP contribution is 2.29. The second-order valence-corrected chi connectivity index (χ2v) is 5.56. The zero-order valence-corrected chi connectivity index (χ0v) is 11.7. The van der Waals surface area contributed by atoms with Gasteiger partial charge in [0.1, 0.15) is 0 Å². The summed E-state index contributed by atoms with van der Waals surface area (Å²) in [7, 11) is 1.76. The lowest BCUT2D eigenvalue weighted by molar-refractivity contribution is 0.105. The van der Waals surface area contributed by atoms with Gasteiger partial charge in [0, 0.05) is 39.9 Å². The quantitative estimate of drug-likeness (QED) is 0.744. The van der Waals surface area contributed by atoms with Crippen molar-refractivity contribution in [3.8, 4) is 0 Å². The molecule has 0 atom stereocenters. The number of rotatable bonds is 7. The third-order valence-corrected chi connectivity index (χ3v) is 3.96. The number of imidazole rings is 1. The summed E-state index contributed by atoms with van der Waals surface area (Å²) in [5.41, 5.74) is 2.43. The second kappa shape index (κ2) is 6.03. The average Bonchev–Trinajstić information content (AvgIpc) is 3.17. The molecule has 1 aromatic heterocycles. The Morgan fingerprint density at radius 2 is 2.26 bits per heavy atom. The van der Waals surface area contributed by atoms with Gasteiger partial charge in [-0.2, -0.15) is 0 Å². The van der Waals surface area contributed by atoms with Gasteiger partial charge in [-0.3, -0.25) is 4.90 Å². The number of fused-ring (bicyclic) bond motifs is 1. The Morgan fingerprint density at radius 3 is 3.05 bits per heavy atom. The molecule has 0 N–H and O–H groups in total. The van der Waals surface area contributed by atoms with Gasteiger partial charge >= 0.3 is 0 Å². The Hall–Kier alpha value is -0.910. The van der Waals surface area contributed by atoms with E-state index in [1.54, 1.807) is 7.11 Å². The van der Waals surface area contributed by atoms with Crippen molar-refractivity contribution in [3.63, 3.8) is 0 Å². The van der Waals surface area contributed by atoms with Crippen LogP contribution in [-0.4, -0.2) is 47.9 Å². The van der Waals surface area contributed by atoms with Gasteiger partial charge in [-0.15, -0.1) is 0 Å². The van der Waals surface area contributed by atoms with Crippen LogP contribution in [0.1, 0.15) is 24.2 Å². The van der Waals surface area contributed by atoms with Crippen LogP contribution in [-0.2, 0) is 29.2 Å². The maximum Gasteiger partial charge on any atom is 0.0953 e. The van der Waals surface area contributed by atoms with Crippen LogP contribution in [0.15, 0.2) is 6.33 Å². The first kappa shape index (κ1) is 13.1. The van der Waals surface area contributed by atoms with Crippen LogP contribution in [0.25, 0.3) is 0 Å². The largest absolute Gasteiger partial charge is 0.383 e. The van der Waals surface area contributed by atoms with E-state index in [1.165, 1.54) is 18.5 Å². The lowest BCUT2D eigenvalue weighted by Gasteiger charge is -2.28. The van der Waals surface area contributed by atoms with Crippen LogP contribution in [0, 0.1) is 5.92 Å². The number of aromatic nitrogens is 2. The van der Waals surface area contributed by atoms with Gasteiger partial charge in [-0.25, -0.2) is 4.98 Å². The molecule has 2 heterocycles. The molecule has 0 bridgehead atoms. The highest BCUT2D eigenvalue weighted by Gasteiger charge is 2.23. The van der Waals surface area contributed by atoms with Crippen LogP contribution in [0.3, 0.4) is 0 Å². The van der Waals surface area contributed by atoms with E-state index in [1.807, 2.05) is 6.33 Å². The Labute approximate surface area is 114 Å². The lowest BCUT2D eigenvalue weighted by Crippen LogP contribution is -2.35. The van der Waals surface area contributed by atoms with Crippen LogP contribution in [0.4, 0.5) is 0 Å². The molecule has 3 rings (SSSR count). The second-order valence-electron chi connectivity index (χ2n) is 5.56. The van der Waals surface area contributed by atoms with Crippen LogP contribution >= 0.6 is 0 Å². The van der Waals surface area contributed by atoms with Gasteiger partial charge in [0.2, 0.25) is 0 Å². The van der Waals surface area contributed by atoms with Gasteiger partial charge < -0.3 is 14.0 Å². The third-order valence-electron chi connectivity index (χ3n) is 3.96. The van der Waals surface area contributed by atoms with Crippen molar-refractivity contribution in [1.82, 2.24) is 14.5 Å². The molecule has 5 nitrogen and oxygen atoms in total. The predicted molar refractivity (Wildman–Crippen MR) is 71.8 cm³/mol. The highest BCUT2D eigenvalue weighted by molar-refractivity contribution is 5.14. The number of hydrogen-bond acceptors (Lipinski definition) is 4. The summed E-state index contributed by atoms with van der Waals surface area (Å²) in [5, 5.41) is 0. The fraction of sp³-hybridized carbons (Fsp3) is 0.786. The summed E-state index contributed by atoms with van der Waals surface area (Å²) in [5.74, 6) is 0.816. The molecule has 2 aliphatic rings. The average molecular weight is 265 g/mol. The first-order valence-corrected chi connectivity index (χ1v) is 7.18. The minimum Gasteiger partial charge on any atom is -0.383 e. The summed E-state index contributed by atoms with van der Waals surface area (Å²) in [6, 6.07) is 0. The number of nitrogens with zero attached hydrogens (tertiary/aromatic N) is 3. The van der Waals surface area contributed by atoms with Crippen molar-refractivity contribution in [2.75, 3.05) is 33.4 Å². The van der Waals surface area contributed by atoms with Crippen molar-refractivity contribution in [1.29, 1.82) is 0 Å². The smallest absolute Gasteiger partial charge is 0.0953 e. The summed E-state index contributed by atoms with van der Waals surface area (Å²) in [6.07, 6.45) is 4.64. The standard InChI is InChI=1S/C14H23N3O2/c1-18-7-6-16-4-5-17-11-15-13(14(17)8-16)10-19-9-12-2-3-12/h11-12H,2-10H2,1H3. The van der Waals surface area contributed by atoms with E-state index in [-0.39, 0.29) is 0 Å². The Morgan fingerprint density at radius 1 is 1.37 bits per heavy atom. The van der Waals surface area contributed by atoms with Gasteiger partial charge in [-0.1, -0.05) is 0 Å². The van der Waals surface area contributed by atoms with Crippen molar-refractivity contribution in [2.45, 2.75) is 32.5 Å². The maximum atomic E-state index is 5.77. The van der Waals surface area contributed by atoms with Gasteiger partial charge in [-0.05, 0) is 18.8 Å². The molecule has 1 saturated carbocycles. The number of methoxy groups -OCH3 is 1. The maximum absolute atomic E-state index is 5.77. The lowest BCUT2D eigenvalue weighted by atomic mass is 10.2. The van der Waals surface area contributed by atoms with E-state index in [9.17, 15) is 0 Å². The Balaban J connectivity index is 1.55. The summed E-state index contributed by atoms with van der Waals surface area (Å²) >= 11 is 0. The zero-order valence-electron chi connectivity index (χ0n) is 11.7. The first-order valence-electron chi connectivity index (χ1n) is 7.18. The van der Waals surface area contributed by atoms with E-state index in [2.05, 4.69) is 14.5 Å². The molecule has 1 aliphatic heterocycles. The number of ether oxygens (including phenoxy) is 2. The molecule has 1 fully saturated rings. The van der Waals surface area contributed by atoms with E-state index >= 15 is 0 Å². The minimum atomic E-state index is 0.664. The molecule has 5 heteroatoms. The first-order chi connectivity index (χ1) is 9.36. The fourth-order valence-electron chi connectivity index (χ4n) is 2.50. The van der Waals surface area contributed by atoms with Crippen LogP contribution in [0.2, 0.25) is 0 Å². The van der Waals surface area contributed by atoms with Gasteiger partial charge in [0.25, 0.3) is 0 Å². The van der Waals surface area contributed by atoms with E-state index in [0.29, 0.717) is 6.61 Å². The SMILES string of the molecule is COCCN1CCn2cnc(COCC3CC3)c2C1. The zero-order chi connectivity index (χ0) is 13.1. The minimum absolute atomic E-state index is 0.664. The summed E-state index contributed by atoms with van der Waals surface area (Å²) in [6.45, 7) is 6.41. The Kier molecular flexibility index (Phi) is 4.15. The predicted octanol–water partition coefficient (Wildman–Crippen LogP) is 1.27. The molecule has 0 spiro atoms.